The maximum Gasteiger partial charge on any atom is 0.340 e. The van der Waals surface area contributed by atoms with Crippen molar-refractivity contribution in [2.24, 2.45) is 0 Å². The number of carboxylic acid groups (broad SMARTS) is 1. The van der Waals surface area contributed by atoms with Gasteiger partial charge in [-0.15, -0.1) is 0 Å². The lowest BCUT2D eigenvalue weighted by Gasteiger charge is -2.16. The molecule has 0 aliphatic rings. The summed E-state index contributed by atoms with van der Waals surface area (Å²) in [6, 6.07) is 5.29. The van der Waals surface area contributed by atoms with Gasteiger partial charge in [-0.1, -0.05) is 6.07 Å². The van der Waals surface area contributed by atoms with E-state index in [1.165, 1.54) is 0 Å². The zero-order chi connectivity index (χ0) is 13.1. The maximum atomic E-state index is 11.4. The van der Waals surface area contributed by atoms with E-state index in [0.29, 0.717) is 11.4 Å². The highest BCUT2D eigenvalue weighted by molar-refractivity contribution is 6.00. The molecule has 0 unspecified atom stereocenters. The quantitative estimate of drug-likeness (QED) is 0.891. The van der Waals surface area contributed by atoms with Gasteiger partial charge >= 0.3 is 5.97 Å². The molecule has 2 rings (SSSR count). The van der Waals surface area contributed by atoms with Crippen molar-refractivity contribution in [2.75, 3.05) is 19.0 Å². The number of anilines is 1. The van der Waals surface area contributed by atoms with E-state index in [9.17, 15) is 9.90 Å². The second-order valence-corrected chi connectivity index (χ2v) is 4.00. The van der Waals surface area contributed by atoms with Gasteiger partial charge < -0.3 is 10.0 Å². The lowest BCUT2D eigenvalue weighted by atomic mass is 10.0. The van der Waals surface area contributed by atoms with E-state index >= 15 is 0 Å². The highest BCUT2D eigenvalue weighted by Crippen LogP contribution is 2.28. The third-order valence-corrected chi connectivity index (χ3v) is 2.54. The van der Waals surface area contributed by atoms with Crippen LogP contribution >= 0.6 is 0 Å². The number of aromatic nitrogens is 2. The van der Waals surface area contributed by atoms with Gasteiger partial charge in [-0.2, -0.15) is 0 Å². The van der Waals surface area contributed by atoms with Crippen molar-refractivity contribution in [2.45, 2.75) is 0 Å². The highest BCUT2D eigenvalue weighted by atomic mass is 16.4. The van der Waals surface area contributed by atoms with Gasteiger partial charge in [0, 0.05) is 43.8 Å². The number of nitrogens with zero attached hydrogens (tertiary/aromatic N) is 3. The molecule has 0 aliphatic heterocycles. The number of hydrogen-bond donors (Lipinski definition) is 1. The van der Waals surface area contributed by atoms with E-state index in [0.717, 1.165) is 5.56 Å². The molecule has 2 aromatic heterocycles. The molecule has 0 saturated carbocycles. The van der Waals surface area contributed by atoms with Crippen LogP contribution in [0.4, 0.5) is 5.82 Å². The van der Waals surface area contributed by atoms with E-state index in [1.807, 2.05) is 6.07 Å². The van der Waals surface area contributed by atoms with Gasteiger partial charge in [0.15, 0.2) is 0 Å². The van der Waals surface area contributed by atoms with Crippen molar-refractivity contribution in [1.29, 1.82) is 0 Å². The van der Waals surface area contributed by atoms with Crippen molar-refractivity contribution in [3.63, 3.8) is 0 Å². The fourth-order valence-corrected chi connectivity index (χ4v) is 1.76. The molecule has 5 heteroatoms. The normalized spacial score (nSPS) is 10.1. The number of rotatable bonds is 3. The largest absolute Gasteiger partial charge is 0.478 e. The van der Waals surface area contributed by atoms with Crippen LogP contribution in [0.3, 0.4) is 0 Å². The van der Waals surface area contributed by atoms with Gasteiger partial charge in [0.05, 0.1) is 0 Å². The first-order valence-electron chi connectivity index (χ1n) is 5.41. The molecule has 0 aliphatic carbocycles. The second kappa shape index (κ2) is 4.83. The number of carboxylic acids is 1. The van der Waals surface area contributed by atoms with Gasteiger partial charge in [-0.3, -0.25) is 4.98 Å². The van der Waals surface area contributed by atoms with Crippen molar-refractivity contribution in [3.8, 4) is 11.1 Å². The molecule has 18 heavy (non-hydrogen) atoms. The van der Waals surface area contributed by atoms with Crippen molar-refractivity contribution in [1.82, 2.24) is 9.97 Å². The summed E-state index contributed by atoms with van der Waals surface area (Å²) in [6.07, 6.45) is 4.89. The van der Waals surface area contributed by atoms with Crippen molar-refractivity contribution >= 4 is 11.8 Å². The summed E-state index contributed by atoms with van der Waals surface area (Å²) in [4.78, 5) is 21.2. The van der Waals surface area contributed by atoms with Crippen LogP contribution in [0.1, 0.15) is 10.4 Å². The van der Waals surface area contributed by atoms with Gasteiger partial charge in [-0.05, 0) is 12.1 Å². The minimum absolute atomic E-state index is 0.190. The average Bonchev–Trinajstić information content (AvgIpc) is 2.38. The minimum atomic E-state index is -0.995. The summed E-state index contributed by atoms with van der Waals surface area (Å²) in [6.45, 7) is 0. The minimum Gasteiger partial charge on any atom is -0.478 e. The third-order valence-electron chi connectivity index (χ3n) is 2.54. The van der Waals surface area contributed by atoms with Crippen LogP contribution in [0, 0.1) is 0 Å². The van der Waals surface area contributed by atoms with Crippen LogP contribution in [-0.4, -0.2) is 35.1 Å². The molecule has 0 bridgehead atoms. The lowest BCUT2D eigenvalue weighted by molar-refractivity contribution is 0.0698. The zero-order valence-electron chi connectivity index (χ0n) is 10.2. The first-order valence-corrected chi connectivity index (χ1v) is 5.41. The molecular weight excluding hydrogens is 230 g/mol. The Balaban J connectivity index is 2.68. The van der Waals surface area contributed by atoms with E-state index in [4.69, 9.17) is 0 Å². The van der Waals surface area contributed by atoms with E-state index in [2.05, 4.69) is 9.97 Å². The predicted octanol–water partition coefficient (Wildman–Crippen LogP) is 1.91. The van der Waals surface area contributed by atoms with Gasteiger partial charge in [0.25, 0.3) is 0 Å². The summed E-state index contributed by atoms with van der Waals surface area (Å²) < 4.78 is 0. The summed E-state index contributed by atoms with van der Waals surface area (Å²) in [5.74, 6) is -0.561. The Kier molecular flexibility index (Phi) is 3.23. The lowest BCUT2D eigenvalue weighted by Crippen LogP contribution is -2.16. The molecule has 1 N–H and O–H groups in total. The van der Waals surface area contributed by atoms with Crippen molar-refractivity contribution in [3.05, 3.63) is 42.4 Å². The Hall–Kier alpha value is -2.43. The van der Waals surface area contributed by atoms with E-state index in [-0.39, 0.29) is 5.56 Å². The standard InChI is InChI=1S/C13H13N3O2/c1-16(2)12-11(13(17)18)10(5-7-15-12)9-4-3-6-14-8-9/h3-8H,1-2H3,(H,17,18). The summed E-state index contributed by atoms with van der Waals surface area (Å²) >= 11 is 0. The molecule has 2 heterocycles. The first-order chi connectivity index (χ1) is 8.61. The summed E-state index contributed by atoms with van der Waals surface area (Å²) in [5, 5.41) is 9.37. The number of carbonyl (C=O) groups is 1. The van der Waals surface area contributed by atoms with Crippen LogP contribution < -0.4 is 4.90 Å². The monoisotopic (exact) mass is 243 g/mol. The molecule has 0 spiro atoms. The molecule has 0 radical (unpaired) electrons. The van der Waals surface area contributed by atoms with Gasteiger partial charge in [0.2, 0.25) is 0 Å². The van der Waals surface area contributed by atoms with E-state index < -0.39 is 5.97 Å². The van der Waals surface area contributed by atoms with Crippen LogP contribution in [0.2, 0.25) is 0 Å². The molecule has 92 valence electrons. The molecule has 5 nitrogen and oxygen atoms in total. The second-order valence-electron chi connectivity index (χ2n) is 4.00. The fraction of sp³-hybridized carbons (Fsp3) is 0.154. The Morgan fingerprint density at radius 2 is 2.06 bits per heavy atom. The average molecular weight is 243 g/mol. The summed E-state index contributed by atoms with van der Waals surface area (Å²) in [5.41, 5.74) is 1.57. The van der Waals surface area contributed by atoms with Crippen LogP contribution in [-0.2, 0) is 0 Å². The molecule has 0 atom stereocenters. The van der Waals surface area contributed by atoms with Crippen LogP contribution in [0.15, 0.2) is 36.8 Å². The Labute approximate surface area is 105 Å². The van der Waals surface area contributed by atoms with E-state index in [1.54, 1.807) is 49.7 Å². The molecule has 0 fully saturated rings. The Morgan fingerprint density at radius 3 is 2.61 bits per heavy atom. The number of aromatic carboxylic acids is 1. The van der Waals surface area contributed by atoms with Gasteiger partial charge in [0.1, 0.15) is 11.4 Å². The molecule has 2 aromatic rings. The van der Waals surface area contributed by atoms with Crippen molar-refractivity contribution < 1.29 is 9.90 Å². The number of hydrogen-bond acceptors (Lipinski definition) is 4. The first kappa shape index (κ1) is 12.0. The highest BCUT2D eigenvalue weighted by Gasteiger charge is 2.19. The smallest absolute Gasteiger partial charge is 0.340 e. The Bertz CT molecular complexity index is 568. The fourth-order valence-electron chi connectivity index (χ4n) is 1.76. The summed E-state index contributed by atoms with van der Waals surface area (Å²) in [7, 11) is 3.53. The third kappa shape index (κ3) is 2.15. The Morgan fingerprint density at radius 1 is 1.28 bits per heavy atom. The SMILES string of the molecule is CN(C)c1nccc(-c2cccnc2)c1C(=O)O. The zero-order valence-corrected chi connectivity index (χ0v) is 10.2. The molecular formula is C13H13N3O2. The maximum absolute atomic E-state index is 11.4. The van der Waals surface area contributed by atoms with Gasteiger partial charge in [-0.25, -0.2) is 9.78 Å². The predicted molar refractivity (Wildman–Crippen MR) is 68.8 cm³/mol. The molecule has 0 saturated heterocycles. The topological polar surface area (TPSA) is 66.3 Å². The van der Waals surface area contributed by atoms with Crippen LogP contribution in [0.5, 0.6) is 0 Å². The number of pyridine rings is 2. The van der Waals surface area contributed by atoms with Crippen LogP contribution in [0.25, 0.3) is 11.1 Å². The molecule has 0 aromatic carbocycles. The molecule has 0 amide bonds.